The maximum absolute atomic E-state index is 14.1. The molecule has 4 rings (SSSR count). The summed E-state index contributed by atoms with van der Waals surface area (Å²) in [6.07, 6.45) is 6.06. The highest BCUT2D eigenvalue weighted by molar-refractivity contribution is 5.41. The minimum atomic E-state index is -0.207. The number of hydrogen-bond acceptors (Lipinski definition) is 0. The van der Waals surface area contributed by atoms with Crippen LogP contribution in [0.2, 0.25) is 0 Å². The number of halogens is 3. The molecule has 0 spiro atoms. The molecule has 4 heteroatoms. The molecule has 2 aliphatic rings. The largest absolute Gasteiger partial charge is 1.00 e. The van der Waals surface area contributed by atoms with Gasteiger partial charge in [0.1, 0.15) is 11.6 Å². The number of benzene rings is 2. The van der Waals surface area contributed by atoms with Crippen LogP contribution in [0.3, 0.4) is 0 Å². The van der Waals surface area contributed by atoms with Gasteiger partial charge < -0.3 is 28.5 Å². The molecule has 0 unspecified atom stereocenters. The molecule has 0 saturated carbocycles. The number of quaternary nitrogens is 1. The quantitative estimate of drug-likeness (QED) is 0.438. The summed E-state index contributed by atoms with van der Waals surface area (Å²) in [5, 5.41) is 0. The summed E-state index contributed by atoms with van der Waals surface area (Å²) in [7, 11) is 4.76. The Morgan fingerprint density at radius 2 is 1.31 bits per heavy atom. The molecule has 0 aromatic heterocycles. The van der Waals surface area contributed by atoms with Gasteiger partial charge in [-0.2, -0.15) is 0 Å². The van der Waals surface area contributed by atoms with Crippen molar-refractivity contribution in [2.24, 2.45) is 5.92 Å². The molecule has 3 atom stereocenters. The lowest BCUT2D eigenvalue weighted by Gasteiger charge is -2.45. The molecule has 0 N–H and O–H groups in total. The topological polar surface area (TPSA) is 0 Å². The van der Waals surface area contributed by atoms with Gasteiger partial charge in [0, 0.05) is 31.6 Å². The van der Waals surface area contributed by atoms with Crippen LogP contribution in [0, 0.1) is 31.4 Å². The van der Waals surface area contributed by atoms with E-state index in [1.54, 1.807) is 12.1 Å². The summed E-state index contributed by atoms with van der Waals surface area (Å²) < 4.78 is 29.4. The predicted octanol–water partition coefficient (Wildman–Crippen LogP) is 3.13. The number of nitrogens with zero attached hydrogens (tertiary/aromatic N) is 1. The summed E-state index contributed by atoms with van der Waals surface area (Å²) in [6.45, 7) is 4.09. The Balaban J connectivity index is 0.00000240. The van der Waals surface area contributed by atoms with E-state index in [-0.39, 0.29) is 41.5 Å². The lowest BCUT2D eigenvalue weighted by atomic mass is 9.76. The van der Waals surface area contributed by atoms with Crippen molar-refractivity contribution in [3.05, 3.63) is 70.3 Å². The molecule has 2 saturated heterocycles. The highest BCUT2D eigenvalue weighted by atomic mass is 127. The van der Waals surface area contributed by atoms with Gasteiger partial charge in [-0.3, -0.25) is 0 Å². The van der Waals surface area contributed by atoms with E-state index in [2.05, 4.69) is 14.1 Å². The van der Waals surface area contributed by atoms with Crippen molar-refractivity contribution >= 4 is 0 Å². The minimum absolute atomic E-state index is 0. The molecular weight excluding hydrogens is 479 g/mol. The first-order valence-corrected chi connectivity index (χ1v) is 10.6. The zero-order valence-corrected chi connectivity index (χ0v) is 20.0. The molecule has 2 aromatic rings. The van der Waals surface area contributed by atoms with Crippen LogP contribution in [-0.2, 0) is 0 Å². The highest BCUT2D eigenvalue weighted by Gasteiger charge is 2.49. The molecule has 29 heavy (non-hydrogen) atoms. The van der Waals surface area contributed by atoms with Crippen LogP contribution in [0.1, 0.15) is 60.3 Å². The normalized spacial score (nSPS) is 25.1. The fraction of sp³-hybridized carbons (Fsp3) is 0.520. The number of rotatable bonds is 4. The molecule has 2 heterocycles. The fourth-order valence-electron chi connectivity index (χ4n) is 5.91. The minimum Gasteiger partial charge on any atom is -1.00 e. The number of fused-ring (bicyclic) bond motifs is 2. The average molecular weight is 511 g/mol. The van der Waals surface area contributed by atoms with Gasteiger partial charge in [-0.05, 0) is 72.7 Å². The second-order valence-corrected chi connectivity index (χ2v) is 9.64. The van der Waals surface area contributed by atoms with E-state index in [1.165, 1.54) is 37.8 Å². The molecule has 2 bridgehead atoms. The first-order valence-electron chi connectivity index (χ1n) is 10.6. The number of aryl methyl sites for hydroxylation is 2. The molecule has 0 aliphatic carbocycles. The predicted molar refractivity (Wildman–Crippen MR) is 110 cm³/mol. The van der Waals surface area contributed by atoms with E-state index in [4.69, 9.17) is 0 Å². The molecule has 1 nitrogen and oxygen atoms in total. The molecule has 0 amide bonds. The molecule has 2 aromatic carbocycles. The Kier molecular flexibility index (Phi) is 6.74. The Bertz CT molecular complexity index is 812. The van der Waals surface area contributed by atoms with Gasteiger partial charge in [0.15, 0.2) is 0 Å². The molecule has 158 valence electrons. The van der Waals surface area contributed by atoms with Gasteiger partial charge in [0.2, 0.25) is 0 Å². The van der Waals surface area contributed by atoms with Crippen molar-refractivity contribution in [3.8, 4) is 0 Å². The second-order valence-electron chi connectivity index (χ2n) is 9.64. The van der Waals surface area contributed by atoms with Crippen molar-refractivity contribution < 1.29 is 37.2 Å². The van der Waals surface area contributed by atoms with Crippen molar-refractivity contribution in [2.45, 2.75) is 64.0 Å². The van der Waals surface area contributed by atoms with E-state index in [0.29, 0.717) is 5.92 Å². The van der Waals surface area contributed by atoms with Crippen LogP contribution in [0.5, 0.6) is 0 Å². The third-order valence-electron chi connectivity index (χ3n) is 7.73. The molecule has 0 radical (unpaired) electrons. The molecule has 2 aliphatic heterocycles. The van der Waals surface area contributed by atoms with Gasteiger partial charge in [-0.1, -0.05) is 12.1 Å². The van der Waals surface area contributed by atoms with E-state index in [0.717, 1.165) is 45.2 Å². The third kappa shape index (κ3) is 4.39. The number of piperidine rings is 1. The number of hydrogen-bond donors (Lipinski definition) is 0. The van der Waals surface area contributed by atoms with E-state index >= 15 is 0 Å². The second kappa shape index (κ2) is 8.62. The SMILES string of the molecule is Cc1ccc(F)cc1C(C[C@H]1C[C@H]2CC[C@@H](C1)[N+]2(C)C)c1cc(F)ccc1C.[I-]. The Hall–Kier alpha value is -1.01. The van der Waals surface area contributed by atoms with Crippen molar-refractivity contribution in [2.75, 3.05) is 14.1 Å². The summed E-state index contributed by atoms with van der Waals surface area (Å²) in [5.41, 5.74) is 4.20. The van der Waals surface area contributed by atoms with Crippen LogP contribution >= 0.6 is 0 Å². The van der Waals surface area contributed by atoms with Crippen LogP contribution in [0.15, 0.2) is 36.4 Å². The van der Waals surface area contributed by atoms with Crippen molar-refractivity contribution in [1.29, 1.82) is 0 Å². The fourth-order valence-corrected chi connectivity index (χ4v) is 5.91. The Labute approximate surface area is 191 Å². The van der Waals surface area contributed by atoms with Crippen LogP contribution in [0.4, 0.5) is 8.78 Å². The van der Waals surface area contributed by atoms with Crippen molar-refractivity contribution in [3.63, 3.8) is 0 Å². The smallest absolute Gasteiger partial charge is 0.123 e. The average Bonchev–Trinajstić information content (AvgIpc) is 2.82. The van der Waals surface area contributed by atoms with Gasteiger partial charge in [-0.15, -0.1) is 0 Å². The van der Waals surface area contributed by atoms with Gasteiger partial charge in [0.25, 0.3) is 0 Å². The molecular formula is C25H32F2IN. The zero-order valence-electron chi connectivity index (χ0n) is 17.9. The van der Waals surface area contributed by atoms with Gasteiger partial charge in [0.05, 0.1) is 26.2 Å². The third-order valence-corrected chi connectivity index (χ3v) is 7.73. The van der Waals surface area contributed by atoms with Crippen molar-refractivity contribution in [1.82, 2.24) is 0 Å². The van der Waals surface area contributed by atoms with Crippen LogP contribution < -0.4 is 24.0 Å². The van der Waals surface area contributed by atoms with Crippen LogP contribution in [-0.4, -0.2) is 30.7 Å². The molecule has 2 fully saturated rings. The first kappa shape index (κ1) is 22.7. The highest BCUT2D eigenvalue weighted by Crippen LogP contribution is 2.46. The summed E-state index contributed by atoms with van der Waals surface area (Å²) in [6, 6.07) is 11.6. The van der Waals surface area contributed by atoms with Gasteiger partial charge >= 0.3 is 0 Å². The maximum Gasteiger partial charge on any atom is 0.123 e. The van der Waals surface area contributed by atoms with E-state index in [1.807, 2.05) is 26.0 Å². The zero-order chi connectivity index (χ0) is 20.1. The lowest BCUT2D eigenvalue weighted by Crippen LogP contribution is -3.00. The standard InChI is InChI=1S/C25H32F2N.HI/c1-16-5-7-19(26)14-23(16)25(24-15-20(27)8-6-17(24)2)13-18-11-21-9-10-22(12-18)28(21,3)4;/h5-8,14-15,18,21-22,25H,9-13H2,1-4H3;1H/q+1;/p-1/t18-,21+,22-;. The van der Waals surface area contributed by atoms with Gasteiger partial charge in [-0.25, -0.2) is 8.78 Å². The van der Waals surface area contributed by atoms with E-state index < -0.39 is 0 Å². The summed E-state index contributed by atoms with van der Waals surface area (Å²) in [5.74, 6) is 0.242. The lowest BCUT2D eigenvalue weighted by molar-refractivity contribution is -0.931. The Morgan fingerprint density at radius 1 is 0.862 bits per heavy atom. The first-order chi connectivity index (χ1) is 13.3. The Morgan fingerprint density at radius 3 is 1.76 bits per heavy atom. The summed E-state index contributed by atoms with van der Waals surface area (Å²) >= 11 is 0. The van der Waals surface area contributed by atoms with E-state index in [9.17, 15) is 8.78 Å². The summed E-state index contributed by atoms with van der Waals surface area (Å²) in [4.78, 5) is 0. The van der Waals surface area contributed by atoms with Crippen LogP contribution in [0.25, 0.3) is 0 Å². The maximum atomic E-state index is 14.1. The monoisotopic (exact) mass is 511 g/mol.